The summed E-state index contributed by atoms with van der Waals surface area (Å²) in [6, 6.07) is 0. The first-order chi connectivity index (χ1) is 18.8. The van der Waals surface area contributed by atoms with Gasteiger partial charge < -0.3 is 52.5 Å². The summed E-state index contributed by atoms with van der Waals surface area (Å²) in [6.07, 6.45) is 3.50. The fraction of sp³-hybridized carbons (Fsp3) is 0.962. The van der Waals surface area contributed by atoms with Gasteiger partial charge in [-0.1, -0.05) is 19.8 Å². The van der Waals surface area contributed by atoms with Crippen LogP contribution in [0.15, 0.2) is 0 Å². The van der Waals surface area contributed by atoms with E-state index in [2.05, 4.69) is 6.92 Å². The maximum absolute atomic E-state index is 11.4. The Labute approximate surface area is 228 Å². The molecule has 0 amide bonds. The minimum atomic E-state index is -0.160. The summed E-state index contributed by atoms with van der Waals surface area (Å²) >= 11 is 0. The van der Waals surface area contributed by atoms with Gasteiger partial charge in [0.15, 0.2) is 0 Å². The van der Waals surface area contributed by atoms with E-state index in [1.165, 1.54) is 0 Å². The average molecular weight is 557 g/mol. The fourth-order valence-corrected chi connectivity index (χ4v) is 2.73. The minimum Gasteiger partial charge on any atom is -0.463 e. The van der Waals surface area contributed by atoms with Crippen molar-refractivity contribution in [2.45, 2.75) is 32.6 Å². The molecule has 0 bridgehead atoms. The van der Waals surface area contributed by atoms with Crippen molar-refractivity contribution in [2.75, 3.05) is 132 Å². The lowest BCUT2D eigenvalue weighted by atomic mass is 10.2. The van der Waals surface area contributed by atoms with E-state index in [0.29, 0.717) is 125 Å². The van der Waals surface area contributed by atoms with Crippen molar-refractivity contribution in [2.24, 2.45) is 0 Å². The Hall–Kier alpha value is -0.930. The molecule has 0 saturated heterocycles. The van der Waals surface area contributed by atoms with Crippen molar-refractivity contribution in [3.8, 4) is 0 Å². The number of aliphatic hydroxyl groups is 1. The molecule has 0 atom stereocenters. The Balaban J connectivity index is 3.06. The molecule has 38 heavy (non-hydrogen) atoms. The van der Waals surface area contributed by atoms with Gasteiger partial charge in [0, 0.05) is 6.42 Å². The minimum absolute atomic E-state index is 0.0247. The van der Waals surface area contributed by atoms with Crippen molar-refractivity contribution in [3.63, 3.8) is 0 Å². The highest BCUT2D eigenvalue weighted by atomic mass is 16.6. The lowest BCUT2D eigenvalue weighted by molar-refractivity contribution is -0.145. The largest absolute Gasteiger partial charge is 0.463 e. The summed E-state index contributed by atoms with van der Waals surface area (Å²) in [5.41, 5.74) is 0. The Morgan fingerprint density at radius 1 is 0.447 bits per heavy atom. The summed E-state index contributed by atoms with van der Waals surface area (Å²) in [5.74, 6) is -0.160. The van der Waals surface area contributed by atoms with Crippen LogP contribution in [0.25, 0.3) is 0 Å². The number of ether oxygens (including phenoxy) is 10. The van der Waals surface area contributed by atoms with E-state index in [1.807, 2.05) is 0 Å². The van der Waals surface area contributed by atoms with Crippen LogP contribution in [-0.2, 0) is 52.2 Å². The zero-order valence-corrected chi connectivity index (χ0v) is 23.4. The average Bonchev–Trinajstić information content (AvgIpc) is 2.92. The van der Waals surface area contributed by atoms with Crippen molar-refractivity contribution in [1.82, 2.24) is 0 Å². The topological polar surface area (TPSA) is 130 Å². The molecule has 0 spiro atoms. The van der Waals surface area contributed by atoms with Gasteiger partial charge in [-0.25, -0.2) is 0 Å². The zero-order valence-electron chi connectivity index (χ0n) is 23.4. The van der Waals surface area contributed by atoms with Crippen LogP contribution in [0, 0.1) is 0 Å². The van der Waals surface area contributed by atoms with Crippen LogP contribution in [0.2, 0.25) is 0 Å². The van der Waals surface area contributed by atoms with E-state index >= 15 is 0 Å². The first-order valence-electron chi connectivity index (χ1n) is 13.8. The number of esters is 1. The Kier molecular flexibility index (Phi) is 33.3. The standard InChI is InChI=1S/C26H52O12/c1-2-3-4-5-26(28)38-25-24-37-23-22-36-21-20-35-19-18-34-17-16-33-15-14-32-13-12-31-11-10-30-9-8-29-7-6-27/h27H,2-25H2,1H3. The van der Waals surface area contributed by atoms with E-state index in [0.717, 1.165) is 19.3 Å². The predicted molar refractivity (Wildman–Crippen MR) is 140 cm³/mol. The van der Waals surface area contributed by atoms with Gasteiger partial charge in [-0.2, -0.15) is 0 Å². The molecule has 12 heteroatoms. The number of aliphatic hydroxyl groups excluding tert-OH is 1. The van der Waals surface area contributed by atoms with E-state index < -0.39 is 0 Å². The molecule has 0 aromatic heterocycles. The summed E-state index contributed by atoms with van der Waals surface area (Å²) in [5, 5.41) is 8.56. The summed E-state index contributed by atoms with van der Waals surface area (Å²) < 4.78 is 53.4. The zero-order chi connectivity index (χ0) is 27.6. The summed E-state index contributed by atoms with van der Waals surface area (Å²) in [6.45, 7) is 11.0. The molecule has 1 N–H and O–H groups in total. The predicted octanol–water partition coefficient (Wildman–Crippen LogP) is 1.25. The maximum atomic E-state index is 11.4. The first-order valence-corrected chi connectivity index (χ1v) is 13.8. The molecule has 0 heterocycles. The fourth-order valence-electron chi connectivity index (χ4n) is 2.73. The monoisotopic (exact) mass is 556 g/mol. The number of rotatable bonds is 33. The third kappa shape index (κ3) is 33.1. The van der Waals surface area contributed by atoms with Crippen LogP contribution < -0.4 is 0 Å². The van der Waals surface area contributed by atoms with Gasteiger partial charge >= 0.3 is 5.97 Å². The number of carbonyl (C=O) groups excluding carboxylic acids is 1. The Morgan fingerprint density at radius 3 is 1.03 bits per heavy atom. The highest BCUT2D eigenvalue weighted by Gasteiger charge is 2.01. The van der Waals surface area contributed by atoms with Crippen LogP contribution in [0.3, 0.4) is 0 Å². The molecule has 0 aliphatic rings. The molecule has 12 nitrogen and oxygen atoms in total. The van der Waals surface area contributed by atoms with Crippen molar-refractivity contribution in [1.29, 1.82) is 0 Å². The molecule has 0 aromatic carbocycles. The van der Waals surface area contributed by atoms with Crippen molar-refractivity contribution < 1.29 is 57.3 Å². The molecule has 0 aliphatic carbocycles. The molecule has 0 saturated carbocycles. The quantitative estimate of drug-likeness (QED) is 0.0922. The van der Waals surface area contributed by atoms with Gasteiger partial charge in [-0.3, -0.25) is 4.79 Å². The Bertz CT molecular complexity index is 456. The normalized spacial score (nSPS) is 11.3. The summed E-state index contributed by atoms with van der Waals surface area (Å²) in [4.78, 5) is 11.4. The number of unbranched alkanes of at least 4 members (excludes halogenated alkanes) is 2. The van der Waals surface area contributed by atoms with Gasteiger partial charge in [-0.05, 0) is 6.42 Å². The van der Waals surface area contributed by atoms with Crippen LogP contribution in [0.4, 0.5) is 0 Å². The van der Waals surface area contributed by atoms with Crippen LogP contribution in [-0.4, -0.2) is 143 Å². The molecular weight excluding hydrogens is 504 g/mol. The first kappa shape index (κ1) is 37.1. The van der Waals surface area contributed by atoms with Gasteiger partial charge in [0.1, 0.15) is 6.61 Å². The van der Waals surface area contributed by atoms with Gasteiger partial charge in [0.2, 0.25) is 0 Å². The maximum Gasteiger partial charge on any atom is 0.305 e. The number of hydrogen-bond donors (Lipinski definition) is 1. The molecule has 0 aromatic rings. The second kappa shape index (κ2) is 34.1. The summed E-state index contributed by atoms with van der Waals surface area (Å²) in [7, 11) is 0. The smallest absolute Gasteiger partial charge is 0.305 e. The molecule has 0 aliphatic heterocycles. The lowest BCUT2D eigenvalue weighted by Gasteiger charge is -2.09. The third-order valence-corrected chi connectivity index (χ3v) is 4.69. The number of carbonyl (C=O) groups is 1. The van der Waals surface area contributed by atoms with Gasteiger partial charge in [-0.15, -0.1) is 0 Å². The molecule has 0 fully saturated rings. The highest BCUT2D eigenvalue weighted by Crippen LogP contribution is 2.00. The molecular formula is C26H52O12. The van der Waals surface area contributed by atoms with Crippen LogP contribution >= 0.6 is 0 Å². The molecule has 0 unspecified atom stereocenters. The van der Waals surface area contributed by atoms with E-state index in [9.17, 15) is 4.79 Å². The van der Waals surface area contributed by atoms with Crippen LogP contribution in [0.5, 0.6) is 0 Å². The molecule has 228 valence electrons. The lowest BCUT2D eigenvalue weighted by Crippen LogP contribution is -2.15. The van der Waals surface area contributed by atoms with Crippen molar-refractivity contribution in [3.05, 3.63) is 0 Å². The van der Waals surface area contributed by atoms with E-state index in [1.54, 1.807) is 0 Å². The van der Waals surface area contributed by atoms with Gasteiger partial charge in [0.05, 0.1) is 126 Å². The SMILES string of the molecule is CCCCCC(=O)OCCOCCOCCOCCOCCOCCOCCOCCOCCOCCO. The highest BCUT2D eigenvalue weighted by molar-refractivity contribution is 5.69. The number of hydrogen-bond acceptors (Lipinski definition) is 12. The Morgan fingerprint density at radius 2 is 0.737 bits per heavy atom. The second-order valence-electron chi connectivity index (χ2n) is 7.91. The van der Waals surface area contributed by atoms with E-state index in [4.69, 9.17) is 52.5 Å². The molecule has 0 rings (SSSR count). The van der Waals surface area contributed by atoms with Gasteiger partial charge in [0.25, 0.3) is 0 Å². The van der Waals surface area contributed by atoms with Crippen LogP contribution in [0.1, 0.15) is 32.6 Å². The second-order valence-corrected chi connectivity index (χ2v) is 7.91. The van der Waals surface area contributed by atoms with Crippen molar-refractivity contribution >= 4 is 5.97 Å². The van der Waals surface area contributed by atoms with E-state index in [-0.39, 0.29) is 19.2 Å². The third-order valence-electron chi connectivity index (χ3n) is 4.69. The molecule has 0 radical (unpaired) electrons.